The Labute approximate surface area is 138 Å². The molecule has 0 aliphatic carbocycles. The minimum absolute atomic E-state index is 0.00320. The Kier molecular flexibility index (Phi) is 5.64. The molecule has 0 saturated carbocycles. The summed E-state index contributed by atoms with van der Waals surface area (Å²) in [4.78, 5) is 13.9. The van der Waals surface area contributed by atoms with E-state index in [0.717, 1.165) is 16.9 Å². The Morgan fingerprint density at radius 2 is 1.83 bits per heavy atom. The predicted molar refractivity (Wildman–Crippen MR) is 89.0 cm³/mol. The quantitative estimate of drug-likeness (QED) is 0.807. The van der Waals surface area contributed by atoms with E-state index in [9.17, 15) is 13.2 Å². The normalized spacial score (nSPS) is 16.4. The van der Waals surface area contributed by atoms with Crippen molar-refractivity contribution in [2.75, 3.05) is 39.0 Å². The second-order valence-electron chi connectivity index (χ2n) is 5.91. The number of carbonyl (C=O) groups is 1. The van der Waals surface area contributed by atoms with E-state index in [2.05, 4.69) is 0 Å². The molecule has 1 aliphatic heterocycles. The van der Waals surface area contributed by atoms with Crippen molar-refractivity contribution in [2.24, 2.45) is 0 Å². The molecule has 23 heavy (non-hydrogen) atoms. The molecule has 2 rings (SSSR count). The maximum atomic E-state index is 12.2. The van der Waals surface area contributed by atoms with E-state index < -0.39 is 10.0 Å². The summed E-state index contributed by atoms with van der Waals surface area (Å²) in [6.45, 7) is 5.91. The van der Waals surface area contributed by atoms with Gasteiger partial charge in [-0.05, 0) is 31.0 Å². The minimum Gasteiger partial charge on any atom is -0.493 e. The lowest BCUT2D eigenvalue weighted by atomic mass is 10.1. The van der Waals surface area contributed by atoms with Gasteiger partial charge in [0.15, 0.2) is 0 Å². The average Bonchev–Trinajstić information content (AvgIpc) is 2.50. The van der Waals surface area contributed by atoms with Crippen LogP contribution in [0.25, 0.3) is 0 Å². The molecule has 0 N–H and O–H groups in total. The van der Waals surface area contributed by atoms with Gasteiger partial charge in [0.25, 0.3) is 0 Å². The van der Waals surface area contributed by atoms with Gasteiger partial charge >= 0.3 is 0 Å². The molecule has 0 spiro atoms. The maximum absolute atomic E-state index is 12.2. The zero-order chi connectivity index (χ0) is 17.0. The molecule has 1 aromatic rings. The third-order valence-electron chi connectivity index (χ3n) is 3.98. The number of hydrogen-bond donors (Lipinski definition) is 0. The molecule has 1 aromatic carbocycles. The summed E-state index contributed by atoms with van der Waals surface area (Å²) >= 11 is 0. The van der Waals surface area contributed by atoms with E-state index in [1.165, 1.54) is 10.6 Å². The lowest BCUT2D eigenvalue weighted by Crippen LogP contribution is -2.50. The molecule has 0 bridgehead atoms. The number of nitrogens with zero attached hydrogens (tertiary/aromatic N) is 2. The van der Waals surface area contributed by atoms with E-state index in [1.54, 1.807) is 4.90 Å². The SMILES string of the molecule is Cc1ccc(C)c(OCCC(=O)N2CCN(S(C)(=O)=O)CC2)c1. The number of ether oxygens (including phenoxy) is 1. The molecule has 1 fully saturated rings. The Balaban J connectivity index is 1.79. The van der Waals surface area contributed by atoms with Gasteiger partial charge in [0.2, 0.25) is 15.9 Å². The van der Waals surface area contributed by atoms with Crippen molar-refractivity contribution in [1.82, 2.24) is 9.21 Å². The van der Waals surface area contributed by atoms with Crippen molar-refractivity contribution in [3.8, 4) is 5.75 Å². The summed E-state index contributed by atoms with van der Waals surface area (Å²) in [6.07, 6.45) is 1.49. The van der Waals surface area contributed by atoms with Crippen molar-refractivity contribution >= 4 is 15.9 Å². The predicted octanol–water partition coefficient (Wildman–Crippen LogP) is 1.18. The van der Waals surface area contributed by atoms with Gasteiger partial charge in [-0.2, -0.15) is 4.31 Å². The zero-order valence-electron chi connectivity index (χ0n) is 13.9. The fourth-order valence-electron chi connectivity index (χ4n) is 2.54. The van der Waals surface area contributed by atoms with E-state index in [1.807, 2.05) is 32.0 Å². The number of amides is 1. The first kappa shape index (κ1) is 17.7. The monoisotopic (exact) mass is 340 g/mol. The highest BCUT2D eigenvalue weighted by atomic mass is 32.2. The molecule has 1 heterocycles. The molecule has 1 saturated heterocycles. The first-order valence-corrected chi connectivity index (χ1v) is 9.55. The summed E-state index contributed by atoms with van der Waals surface area (Å²) in [6, 6.07) is 5.98. The van der Waals surface area contributed by atoms with Crippen molar-refractivity contribution in [2.45, 2.75) is 20.3 Å². The summed E-state index contributed by atoms with van der Waals surface area (Å²) in [5.74, 6) is 0.808. The fourth-order valence-corrected chi connectivity index (χ4v) is 3.36. The molecule has 0 radical (unpaired) electrons. The van der Waals surface area contributed by atoms with Crippen LogP contribution in [0.15, 0.2) is 18.2 Å². The fraction of sp³-hybridized carbons (Fsp3) is 0.562. The second kappa shape index (κ2) is 7.31. The molecular weight excluding hydrogens is 316 g/mol. The maximum Gasteiger partial charge on any atom is 0.226 e. The topological polar surface area (TPSA) is 66.9 Å². The highest BCUT2D eigenvalue weighted by molar-refractivity contribution is 7.88. The van der Waals surface area contributed by atoms with Crippen molar-refractivity contribution < 1.29 is 17.9 Å². The lowest BCUT2D eigenvalue weighted by molar-refractivity contribution is -0.132. The van der Waals surface area contributed by atoms with Gasteiger partial charge < -0.3 is 9.64 Å². The van der Waals surface area contributed by atoms with Crippen LogP contribution in [-0.2, 0) is 14.8 Å². The summed E-state index contributed by atoms with van der Waals surface area (Å²) < 4.78 is 30.0. The zero-order valence-corrected chi connectivity index (χ0v) is 14.7. The van der Waals surface area contributed by atoms with Gasteiger partial charge in [0, 0.05) is 26.2 Å². The van der Waals surface area contributed by atoms with Crippen LogP contribution < -0.4 is 4.74 Å². The summed E-state index contributed by atoms with van der Waals surface area (Å²) in [5, 5.41) is 0. The van der Waals surface area contributed by atoms with E-state index >= 15 is 0 Å². The summed E-state index contributed by atoms with van der Waals surface area (Å²) in [7, 11) is -3.17. The molecule has 7 heteroatoms. The Morgan fingerprint density at radius 3 is 2.43 bits per heavy atom. The Morgan fingerprint density at radius 1 is 1.17 bits per heavy atom. The first-order valence-electron chi connectivity index (χ1n) is 7.70. The van der Waals surface area contributed by atoms with E-state index in [4.69, 9.17) is 4.74 Å². The van der Waals surface area contributed by atoms with Crippen LogP contribution >= 0.6 is 0 Å². The third kappa shape index (κ3) is 4.94. The molecule has 0 unspecified atom stereocenters. The van der Waals surface area contributed by atoms with Crippen molar-refractivity contribution in [3.05, 3.63) is 29.3 Å². The number of carbonyl (C=O) groups excluding carboxylic acids is 1. The van der Waals surface area contributed by atoms with Gasteiger partial charge in [-0.3, -0.25) is 4.79 Å². The number of sulfonamides is 1. The van der Waals surface area contributed by atoms with E-state index in [0.29, 0.717) is 39.2 Å². The molecule has 0 atom stereocenters. The highest BCUT2D eigenvalue weighted by Crippen LogP contribution is 2.19. The molecular formula is C16H24N2O4S. The highest BCUT2D eigenvalue weighted by Gasteiger charge is 2.25. The van der Waals surface area contributed by atoms with Gasteiger partial charge in [-0.15, -0.1) is 0 Å². The van der Waals surface area contributed by atoms with Gasteiger partial charge in [-0.25, -0.2) is 8.42 Å². The lowest BCUT2D eigenvalue weighted by Gasteiger charge is -2.33. The van der Waals surface area contributed by atoms with E-state index in [-0.39, 0.29) is 5.91 Å². The van der Waals surface area contributed by atoms with Crippen LogP contribution in [0, 0.1) is 13.8 Å². The largest absolute Gasteiger partial charge is 0.493 e. The van der Waals surface area contributed by atoms with Crippen LogP contribution in [0.5, 0.6) is 5.75 Å². The Bertz CT molecular complexity index is 665. The van der Waals surface area contributed by atoms with Crippen molar-refractivity contribution in [1.29, 1.82) is 0 Å². The molecule has 128 valence electrons. The van der Waals surface area contributed by atoms with Gasteiger partial charge in [-0.1, -0.05) is 12.1 Å². The Hall–Kier alpha value is -1.60. The number of aryl methyl sites for hydroxylation is 2. The number of rotatable bonds is 5. The first-order chi connectivity index (χ1) is 10.8. The standard InChI is InChI=1S/C16H24N2O4S/c1-13-4-5-14(2)15(12-13)22-11-6-16(19)17-7-9-18(10-8-17)23(3,20)21/h4-5,12H,6-11H2,1-3H3. The molecule has 0 aromatic heterocycles. The van der Waals surface area contributed by atoms with Crippen molar-refractivity contribution in [3.63, 3.8) is 0 Å². The van der Waals surface area contributed by atoms with Crippen LogP contribution in [0.1, 0.15) is 17.5 Å². The smallest absolute Gasteiger partial charge is 0.226 e. The molecule has 1 aliphatic rings. The second-order valence-corrected chi connectivity index (χ2v) is 7.89. The molecule has 6 nitrogen and oxygen atoms in total. The van der Waals surface area contributed by atoms with Crippen LogP contribution in [0.3, 0.4) is 0 Å². The minimum atomic E-state index is -3.17. The number of benzene rings is 1. The van der Waals surface area contributed by atoms with Crippen LogP contribution in [-0.4, -0.2) is 62.6 Å². The number of piperazine rings is 1. The van der Waals surface area contributed by atoms with Crippen LogP contribution in [0.2, 0.25) is 0 Å². The van der Waals surface area contributed by atoms with Crippen LogP contribution in [0.4, 0.5) is 0 Å². The van der Waals surface area contributed by atoms with Gasteiger partial charge in [0.1, 0.15) is 5.75 Å². The summed E-state index contributed by atoms with van der Waals surface area (Å²) in [5.41, 5.74) is 2.17. The third-order valence-corrected chi connectivity index (χ3v) is 5.28. The molecule has 1 amide bonds. The average molecular weight is 340 g/mol. The van der Waals surface area contributed by atoms with Gasteiger partial charge in [0.05, 0.1) is 19.3 Å². The number of hydrogen-bond acceptors (Lipinski definition) is 4.